The van der Waals surface area contributed by atoms with E-state index in [1.54, 1.807) is 14.1 Å². The van der Waals surface area contributed by atoms with Gasteiger partial charge in [0.25, 0.3) is 5.56 Å². The molecule has 0 amide bonds. The van der Waals surface area contributed by atoms with Gasteiger partial charge in [0.05, 0.1) is 13.1 Å². The Morgan fingerprint density at radius 1 is 1.08 bits per heavy atom. The van der Waals surface area contributed by atoms with Crippen molar-refractivity contribution in [2.45, 2.75) is 13.1 Å². The minimum atomic E-state index is -0.479. The third kappa shape index (κ3) is 6.26. The summed E-state index contributed by atoms with van der Waals surface area (Å²) in [5, 5.41) is 13.7. The third-order valence-electron chi connectivity index (χ3n) is 2.65. The monoisotopic (exact) mass is 370 g/mol. The fraction of sp³-hybridized carbons (Fsp3) is 0.333. The largest absolute Gasteiger partial charge is 0.364 e. The van der Waals surface area contributed by atoms with Gasteiger partial charge in [0.15, 0.2) is 10.2 Å². The van der Waals surface area contributed by atoms with Gasteiger partial charge in [-0.3, -0.25) is 24.8 Å². The van der Waals surface area contributed by atoms with Crippen LogP contribution in [0.4, 0.5) is 0 Å². The molecule has 0 bridgehead atoms. The Morgan fingerprint density at radius 2 is 1.62 bits per heavy atom. The molecule has 0 aliphatic heterocycles. The lowest BCUT2D eigenvalue weighted by atomic mass is 10.5. The SMILES string of the molecule is CNC(=S)N/N=C\Cn1c(=O)ccn(C/C=N/NC(=S)NC)c1=O. The normalized spacial score (nSPS) is 10.8. The molecule has 0 radical (unpaired) electrons. The first-order chi connectivity index (χ1) is 11.5. The van der Waals surface area contributed by atoms with Crippen molar-refractivity contribution >= 4 is 47.1 Å². The van der Waals surface area contributed by atoms with E-state index in [1.165, 1.54) is 29.3 Å². The van der Waals surface area contributed by atoms with Gasteiger partial charge in [-0.15, -0.1) is 0 Å². The van der Waals surface area contributed by atoms with Crippen molar-refractivity contribution < 1.29 is 0 Å². The minimum absolute atomic E-state index is 0.0110. The topological polar surface area (TPSA) is 117 Å². The highest BCUT2D eigenvalue weighted by molar-refractivity contribution is 7.80. The summed E-state index contributed by atoms with van der Waals surface area (Å²) in [5.41, 5.74) is 4.19. The molecule has 4 N–H and O–H groups in total. The maximum Gasteiger partial charge on any atom is 0.331 e. The van der Waals surface area contributed by atoms with E-state index in [0.717, 1.165) is 4.57 Å². The molecule has 1 aromatic heterocycles. The van der Waals surface area contributed by atoms with Crippen LogP contribution in [-0.4, -0.2) is 45.9 Å². The van der Waals surface area contributed by atoms with Crippen LogP contribution in [0.15, 0.2) is 32.1 Å². The smallest absolute Gasteiger partial charge is 0.331 e. The Kier molecular flexibility index (Phi) is 8.29. The fourth-order valence-corrected chi connectivity index (χ4v) is 1.54. The number of hydrazone groups is 2. The molecular formula is C12H18N8O2S2. The fourth-order valence-electron chi connectivity index (χ4n) is 1.44. The van der Waals surface area contributed by atoms with E-state index in [1.807, 2.05) is 0 Å². The third-order valence-corrected chi connectivity index (χ3v) is 3.24. The summed E-state index contributed by atoms with van der Waals surface area (Å²) < 4.78 is 2.36. The van der Waals surface area contributed by atoms with Crippen LogP contribution in [0.2, 0.25) is 0 Å². The first-order valence-corrected chi connectivity index (χ1v) is 7.60. The number of aromatic nitrogens is 2. The first-order valence-electron chi connectivity index (χ1n) is 6.78. The van der Waals surface area contributed by atoms with Crippen LogP contribution >= 0.6 is 24.4 Å². The van der Waals surface area contributed by atoms with E-state index < -0.39 is 11.2 Å². The zero-order valence-corrected chi connectivity index (χ0v) is 14.8. The van der Waals surface area contributed by atoms with Gasteiger partial charge in [-0.2, -0.15) is 10.2 Å². The molecule has 1 heterocycles. The highest BCUT2D eigenvalue weighted by Gasteiger charge is 2.03. The molecular weight excluding hydrogens is 352 g/mol. The van der Waals surface area contributed by atoms with Gasteiger partial charge in [0.2, 0.25) is 0 Å². The molecule has 0 saturated carbocycles. The molecule has 10 nitrogen and oxygen atoms in total. The Balaban J connectivity index is 2.77. The van der Waals surface area contributed by atoms with Crippen LogP contribution < -0.4 is 32.7 Å². The summed E-state index contributed by atoms with van der Waals surface area (Å²) in [7, 11) is 3.30. The van der Waals surface area contributed by atoms with Gasteiger partial charge in [0, 0.05) is 38.8 Å². The summed E-state index contributed by atoms with van der Waals surface area (Å²) in [6, 6.07) is 1.29. The molecule has 0 unspecified atom stereocenters. The average Bonchev–Trinajstić information content (AvgIpc) is 2.58. The van der Waals surface area contributed by atoms with Crippen molar-refractivity contribution in [1.29, 1.82) is 0 Å². The van der Waals surface area contributed by atoms with Gasteiger partial charge >= 0.3 is 5.69 Å². The standard InChI is InChI=1S/C12H18N8O2S2/c1-13-10(23)17-15-4-7-19-6-3-9(21)20(12(19)22)8-5-16-18-11(24)14-2/h3-6H,7-8H2,1-2H3,(H2,13,17,23)(H2,14,18,24)/b15-4+,16-5-. The lowest BCUT2D eigenvalue weighted by Gasteiger charge is -2.06. The van der Waals surface area contributed by atoms with Crippen molar-refractivity contribution in [1.82, 2.24) is 30.6 Å². The van der Waals surface area contributed by atoms with Crippen molar-refractivity contribution in [3.63, 3.8) is 0 Å². The molecule has 0 aliphatic carbocycles. The Bertz CT molecular complexity index is 752. The van der Waals surface area contributed by atoms with Gasteiger partial charge in [-0.1, -0.05) is 0 Å². The molecule has 12 heteroatoms. The van der Waals surface area contributed by atoms with E-state index in [0.29, 0.717) is 10.2 Å². The van der Waals surface area contributed by atoms with Crippen LogP contribution in [0, 0.1) is 0 Å². The summed E-state index contributed by atoms with van der Waals surface area (Å²) >= 11 is 9.69. The van der Waals surface area contributed by atoms with Gasteiger partial charge in [0.1, 0.15) is 0 Å². The van der Waals surface area contributed by atoms with Crippen LogP contribution in [0.25, 0.3) is 0 Å². The van der Waals surface area contributed by atoms with Crippen molar-refractivity contribution in [3.8, 4) is 0 Å². The van der Waals surface area contributed by atoms with Gasteiger partial charge < -0.3 is 10.6 Å². The lowest BCUT2D eigenvalue weighted by molar-refractivity contribution is 0.649. The van der Waals surface area contributed by atoms with Crippen molar-refractivity contribution in [2.24, 2.45) is 10.2 Å². The number of rotatable bonds is 6. The molecule has 130 valence electrons. The number of nitrogens with zero attached hydrogens (tertiary/aromatic N) is 4. The highest BCUT2D eigenvalue weighted by Crippen LogP contribution is 1.78. The van der Waals surface area contributed by atoms with Crippen molar-refractivity contribution in [3.05, 3.63) is 33.1 Å². The second kappa shape index (κ2) is 10.2. The Morgan fingerprint density at radius 3 is 2.17 bits per heavy atom. The van der Waals surface area contributed by atoms with E-state index in [9.17, 15) is 9.59 Å². The average molecular weight is 370 g/mol. The minimum Gasteiger partial charge on any atom is -0.364 e. The molecule has 1 aromatic rings. The van der Waals surface area contributed by atoms with Crippen LogP contribution in [0.5, 0.6) is 0 Å². The van der Waals surface area contributed by atoms with E-state index >= 15 is 0 Å². The number of hydrogen-bond acceptors (Lipinski definition) is 6. The first kappa shape index (κ1) is 19.4. The van der Waals surface area contributed by atoms with Crippen LogP contribution in [-0.2, 0) is 13.1 Å². The zero-order chi connectivity index (χ0) is 17.9. The molecule has 0 atom stereocenters. The predicted molar refractivity (Wildman–Crippen MR) is 102 cm³/mol. The lowest BCUT2D eigenvalue weighted by Crippen LogP contribution is -2.40. The quantitative estimate of drug-likeness (QED) is 0.262. The van der Waals surface area contributed by atoms with Crippen molar-refractivity contribution in [2.75, 3.05) is 14.1 Å². The van der Waals surface area contributed by atoms with Gasteiger partial charge in [-0.25, -0.2) is 4.79 Å². The van der Waals surface area contributed by atoms with Crippen LogP contribution in [0.3, 0.4) is 0 Å². The molecule has 24 heavy (non-hydrogen) atoms. The number of nitrogens with one attached hydrogen (secondary N) is 4. The van der Waals surface area contributed by atoms with E-state index in [4.69, 9.17) is 24.4 Å². The maximum atomic E-state index is 12.2. The zero-order valence-electron chi connectivity index (χ0n) is 13.1. The number of hydrogen-bond donors (Lipinski definition) is 4. The second-order valence-corrected chi connectivity index (χ2v) is 5.02. The maximum absolute atomic E-state index is 12.2. The Hall–Kier alpha value is -2.60. The molecule has 0 aromatic carbocycles. The molecule has 0 fully saturated rings. The molecule has 0 saturated heterocycles. The summed E-state index contributed by atoms with van der Waals surface area (Å²) in [6.07, 6.45) is 4.23. The molecule has 0 spiro atoms. The van der Waals surface area contributed by atoms with Gasteiger partial charge in [-0.05, 0) is 24.4 Å². The second-order valence-electron chi connectivity index (χ2n) is 4.20. The summed E-state index contributed by atoms with van der Waals surface area (Å²) in [6.45, 7) is 0.189. The van der Waals surface area contributed by atoms with E-state index in [-0.39, 0.29) is 13.1 Å². The summed E-state index contributed by atoms with van der Waals surface area (Å²) in [5.74, 6) is 0. The molecule has 0 aliphatic rings. The Labute approximate surface area is 148 Å². The van der Waals surface area contributed by atoms with Crippen LogP contribution in [0.1, 0.15) is 0 Å². The number of thiocarbonyl (C=S) groups is 2. The highest BCUT2D eigenvalue weighted by atomic mass is 32.1. The molecule has 1 rings (SSSR count). The summed E-state index contributed by atoms with van der Waals surface area (Å²) in [4.78, 5) is 24.0. The predicted octanol–water partition coefficient (Wildman–Crippen LogP) is -1.83. The van der Waals surface area contributed by atoms with E-state index in [2.05, 4.69) is 31.7 Å².